The van der Waals surface area contributed by atoms with Crippen LogP contribution < -0.4 is 10.0 Å². The Morgan fingerprint density at radius 2 is 1.83 bits per heavy atom. The second-order valence-corrected chi connectivity index (χ2v) is 15.3. The summed E-state index contributed by atoms with van der Waals surface area (Å²) in [4.78, 5) is 13.1. The van der Waals surface area contributed by atoms with Gasteiger partial charge in [0.05, 0.1) is 28.8 Å². The monoisotopic (exact) mass is 631 g/mol. The maximum atomic E-state index is 14.8. The topological polar surface area (TPSA) is 94.3 Å². The number of hydrogen-bond acceptors (Lipinski definition) is 5. The molecule has 1 fully saturated rings. The summed E-state index contributed by atoms with van der Waals surface area (Å²) < 4.78 is 18.1. The van der Waals surface area contributed by atoms with Crippen LogP contribution in [0.25, 0.3) is 55.7 Å². The third-order valence-electron chi connectivity index (χ3n) is 8.66. The molecule has 0 amide bonds. The lowest BCUT2D eigenvalue weighted by Crippen LogP contribution is -2.14. The lowest BCUT2D eigenvalue weighted by Gasteiger charge is -2.24. The molecular formula is C37H38FN7S. The number of benzene rings is 2. The molecule has 4 heterocycles. The molecule has 7 rings (SSSR count). The Morgan fingerprint density at radius 1 is 0.978 bits per heavy atom. The molecule has 7 nitrogen and oxygen atoms in total. The summed E-state index contributed by atoms with van der Waals surface area (Å²) in [5.74, 6) is 8.36. The lowest BCUT2D eigenvalue weighted by molar-refractivity contribution is 0.405. The highest BCUT2D eigenvalue weighted by molar-refractivity contribution is 8.25. The van der Waals surface area contributed by atoms with Gasteiger partial charge in [0.1, 0.15) is 17.0 Å². The Hall–Kier alpha value is -4.73. The number of aromatic nitrogens is 5. The number of allylic oxidation sites excluding steroid dienone is 1. The van der Waals surface area contributed by atoms with Gasteiger partial charge in [-0.3, -0.25) is 14.8 Å². The standard InChI is InChI=1S/C37H38FN7S/c1-23(25-9-6-5-7-10-25)41-29-18-27(21-39-22-29)32-13-14-34-36(43-32)37(45-44-34)35-19-31-30(11-8-12-33(31)42-35)26-15-24(16-28(38)17-26)20-40-46(2,3)4/h8,11-19,21-22,25,40-42H,1-3,5-7,9-10,20H2,4H3,(H,44,45). The predicted molar refractivity (Wildman–Crippen MR) is 194 cm³/mol. The summed E-state index contributed by atoms with van der Waals surface area (Å²) in [5, 5.41) is 12.3. The third kappa shape index (κ3) is 6.34. The quantitative estimate of drug-likeness (QED) is 0.120. The minimum absolute atomic E-state index is 0.283. The zero-order chi connectivity index (χ0) is 31.8. The van der Waals surface area contributed by atoms with Crippen molar-refractivity contribution in [2.24, 2.45) is 5.92 Å². The van der Waals surface area contributed by atoms with Crippen molar-refractivity contribution < 1.29 is 4.39 Å². The first kappa shape index (κ1) is 30.0. The normalized spacial score (nSPS) is 14.2. The zero-order valence-electron chi connectivity index (χ0n) is 26.0. The first-order valence-corrected chi connectivity index (χ1v) is 18.0. The summed E-state index contributed by atoms with van der Waals surface area (Å²) in [6.45, 7) is 4.82. The Morgan fingerprint density at radius 3 is 2.65 bits per heavy atom. The molecule has 234 valence electrons. The second kappa shape index (κ2) is 12.2. The number of nitrogens with zero attached hydrogens (tertiary/aromatic N) is 3. The first-order valence-electron chi connectivity index (χ1n) is 15.6. The molecule has 46 heavy (non-hydrogen) atoms. The molecule has 0 atom stereocenters. The van der Waals surface area contributed by atoms with Gasteiger partial charge in [-0.1, -0.05) is 49.7 Å². The van der Waals surface area contributed by atoms with Crippen LogP contribution in [0.4, 0.5) is 10.1 Å². The predicted octanol–water partition coefficient (Wildman–Crippen LogP) is 8.78. The van der Waals surface area contributed by atoms with Gasteiger partial charge in [-0.05, 0) is 90.2 Å². The second-order valence-electron chi connectivity index (χ2n) is 12.5. The average Bonchev–Trinajstić information content (AvgIpc) is 3.68. The number of pyridine rings is 2. The number of fused-ring (bicyclic) bond motifs is 2. The number of rotatable bonds is 9. The maximum absolute atomic E-state index is 14.8. The van der Waals surface area contributed by atoms with E-state index in [1.807, 2.05) is 55.0 Å². The van der Waals surface area contributed by atoms with E-state index in [-0.39, 0.29) is 5.82 Å². The molecule has 1 aliphatic carbocycles. The van der Waals surface area contributed by atoms with E-state index >= 15 is 0 Å². The van der Waals surface area contributed by atoms with E-state index in [2.05, 4.69) is 60.7 Å². The van der Waals surface area contributed by atoms with Crippen molar-refractivity contribution in [3.63, 3.8) is 0 Å². The largest absolute Gasteiger partial charge is 0.358 e. The van der Waals surface area contributed by atoms with Gasteiger partial charge in [0.15, 0.2) is 0 Å². The van der Waals surface area contributed by atoms with Crippen molar-refractivity contribution in [3.8, 4) is 33.8 Å². The summed E-state index contributed by atoms with van der Waals surface area (Å²) in [6.07, 6.45) is 11.8. The molecule has 0 spiro atoms. The van der Waals surface area contributed by atoms with Crippen molar-refractivity contribution in [2.75, 3.05) is 11.6 Å². The molecule has 6 aromatic rings. The Kier molecular flexibility index (Phi) is 7.96. The molecule has 4 aromatic heterocycles. The minimum Gasteiger partial charge on any atom is -0.358 e. The average molecular weight is 632 g/mol. The Bertz CT molecular complexity index is 2190. The summed E-state index contributed by atoms with van der Waals surface area (Å²) >= 11 is 0. The molecule has 2 aromatic carbocycles. The van der Waals surface area contributed by atoms with Gasteiger partial charge in [-0.25, -0.2) is 9.37 Å². The lowest BCUT2D eigenvalue weighted by atomic mass is 9.87. The van der Waals surface area contributed by atoms with Crippen molar-refractivity contribution in [3.05, 3.63) is 96.7 Å². The van der Waals surface area contributed by atoms with Crippen LogP contribution in [0.3, 0.4) is 0 Å². The number of hydrogen-bond donors (Lipinski definition) is 4. The van der Waals surface area contributed by atoms with Crippen LogP contribution in [0.15, 0.2) is 85.3 Å². The molecule has 0 aliphatic heterocycles. The van der Waals surface area contributed by atoms with Gasteiger partial charge in [0.2, 0.25) is 0 Å². The molecule has 4 N–H and O–H groups in total. The molecule has 1 saturated carbocycles. The first-order chi connectivity index (χ1) is 22.2. The number of halogens is 1. The Labute approximate surface area is 269 Å². The highest BCUT2D eigenvalue weighted by atomic mass is 32.2. The van der Waals surface area contributed by atoms with Gasteiger partial charge in [-0.2, -0.15) is 14.5 Å². The number of anilines is 1. The molecule has 0 bridgehead atoms. The van der Waals surface area contributed by atoms with E-state index in [4.69, 9.17) is 4.98 Å². The fourth-order valence-corrected chi connectivity index (χ4v) is 6.85. The fraction of sp³-hybridized carbons (Fsp3) is 0.216. The highest BCUT2D eigenvalue weighted by Gasteiger charge is 2.18. The summed E-state index contributed by atoms with van der Waals surface area (Å²) in [5.41, 5.74) is 10.3. The van der Waals surface area contributed by atoms with Gasteiger partial charge >= 0.3 is 0 Å². The fourth-order valence-electron chi connectivity index (χ4n) is 6.33. The van der Waals surface area contributed by atoms with Crippen LogP contribution in [0.2, 0.25) is 0 Å². The van der Waals surface area contributed by atoms with Gasteiger partial charge in [0.25, 0.3) is 0 Å². The minimum atomic E-state index is -1.42. The number of aromatic amines is 2. The highest BCUT2D eigenvalue weighted by Crippen LogP contribution is 2.35. The van der Waals surface area contributed by atoms with Gasteiger partial charge in [-0.15, -0.1) is 0 Å². The summed E-state index contributed by atoms with van der Waals surface area (Å²) in [6, 6.07) is 19.3. The van der Waals surface area contributed by atoms with Crippen LogP contribution in [0.5, 0.6) is 0 Å². The van der Waals surface area contributed by atoms with Gasteiger partial charge < -0.3 is 10.3 Å². The van der Waals surface area contributed by atoms with Crippen molar-refractivity contribution in [2.45, 2.75) is 38.6 Å². The van der Waals surface area contributed by atoms with Crippen molar-refractivity contribution in [1.29, 1.82) is 0 Å². The molecule has 0 saturated heterocycles. The smallest absolute Gasteiger partial charge is 0.135 e. The van der Waals surface area contributed by atoms with Crippen LogP contribution in [-0.2, 0) is 6.54 Å². The van der Waals surface area contributed by atoms with Crippen LogP contribution in [0, 0.1) is 11.7 Å². The number of nitrogens with one attached hydrogen (secondary N) is 4. The van der Waals surface area contributed by atoms with E-state index in [1.165, 1.54) is 32.1 Å². The molecule has 1 aliphatic rings. The third-order valence-corrected chi connectivity index (χ3v) is 9.50. The summed E-state index contributed by atoms with van der Waals surface area (Å²) in [7, 11) is -1.42. The Balaban J connectivity index is 1.21. The zero-order valence-corrected chi connectivity index (χ0v) is 26.8. The van der Waals surface area contributed by atoms with E-state index < -0.39 is 9.39 Å². The molecule has 0 unspecified atom stereocenters. The van der Waals surface area contributed by atoms with Crippen molar-refractivity contribution >= 4 is 48.8 Å². The van der Waals surface area contributed by atoms with Crippen LogP contribution in [0.1, 0.15) is 37.7 Å². The van der Waals surface area contributed by atoms with Crippen LogP contribution >= 0.6 is 9.39 Å². The maximum Gasteiger partial charge on any atom is 0.135 e. The van der Waals surface area contributed by atoms with Crippen LogP contribution in [-0.4, -0.2) is 43.1 Å². The molecule has 9 heteroatoms. The number of H-pyrrole nitrogens is 2. The SMILES string of the molecule is C=C(Nc1cncc(-c2ccc3[nH]nc(-c4cc5c(-c6cc(F)cc(CNS(=C)(=C)C)c6)cccc5[nH]4)c3n2)c1)C1CCCCC1. The van der Waals surface area contributed by atoms with E-state index in [1.54, 1.807) is 12.1 Å². The van der Waals surface area contributed by atoms with E-state index in [0.29, 0.717) is 18.2 Å². The molecular weight excluding hydrogens is 594 g/mol. The molecule has 0 radical (unpaired) electrons. The van der Waals surface area contributed by atoms with Crippen molar-refractivity contribution in [1.82, 2.24) is 29.9 Å². The van der Waals surface area contributed by atoms with E-state index in [0.717, 1.165) is 67.0 Å². The van der Waals surface area contributed by atoms with Gasteiger partial charge in [0, 0.05) is 34.9 Å². The van der Waals surface area contributed by atoms with E-state index in [9.17, 15) is 4.39 Å².